The van der Waals surface area contributed by atoms with E-state index in [2.05, 4.69) is 4.98 Å². The van der Waals surface area contributed by atoms with Gasteiger partial charge in [0.05, 0.1) is 17.8 Å². The second-order valence-corrected chi connectivity index (χ2v) is 7.92. The zero-order chi connectivity index (χ0) is 19.5. The van der Waals surface area contributed by atoms with E-state index in [-0.39, 0.29) is 17.5 Å². The fraction of sp³-hybridized carbons (Fsp3) is 0.273. The number of nitrogens with zero attached hydrogens (tertiary/aromatic N) is 2. The fourth-order valence-electron chi connectivity index (χ4n) is 3.05. The number of carbonyl (C=O) groups excluding carboxylic acids is 1. The molecule has 0 bridgehead atoms. The van der Waals surface area contributed by atoms with Crippen molar-refractivity contribution in [1.82, 2.24) is 9.88 Å². The standard InChI is InChI=1S/C22H21FN2O2S/c1-15-5-4-6-18(11-15)27-13-21-24-16(14-28-21)12-25(17-9-10-17)22(26)19-7-2-3-8-20(19)23/h2-8,11,14,17H,9-10,12-13H2,1H3. The lowest BCUT2D eigenvalue weighted by molar-refractivity contribution is 0.0723. The lowest BCUT2D eigenvalue weighted by Crippen LogP contribution is -2.33. The third-order valence-electron chi connectivity index (χ3n) is 4.64. The lowest BCUT2D eigenvalue weighted by atomic mass is 10.2. The Balaban J connectivity index is 1.43. The van der Waals surface area contributed by atoms with Crippen molar-refractivity contribution >= 4 is 17.2 Å². The highest BCUT2D eigenvalue weighted by atomic mass is 32.1. The highest BCUT2D eigenvalue weighted by molar-refractivity contribution is 7.09. The summed E-state index contributed by atoms with van der Waals surface area (Å²) in [5.74, 6) is 0.0564. The van der Waals surface area contributed by atoms with Gasteiger partial charge < -0.3 is 9.64 Å². The predicted molar refractivity (Wildman–Crippen MR) is 107 cm³/mol. The Morgan fingerprint density at radius 1 is 1.25 bits per heavy atom. The third kappa shape index (κ3) is 4.39. The molecule has 1 aliphatic rings. The molecule has 3 aromatic rings. The SMILES string of the molecule is Cc1cccc(OCc2nc(CN(C(=O)c3ccccc3F)C3CC3)cs2)c1. The van der Waals surface area contributed by atoms with Gasteiger partial charge in [0.1, 0.15) is 23.2 Å². The van der Waals surface area contributed by atoms with Gasteiger partial charge in [-0.25, -0.2) is 9.37 Å². The largest absolute Gasteiger partial charge is 0.486 e. The Hall–Kier alpha value is -2.73. The summed E-state index contributed by atoms with van der Waals surface area (Å²) < 4.78 is 19.8. The molecule has 0 unspecified atom stereocenters. The molecule has 0 saturated heterocycles. The van der Waals surface area contributed by atoms with Crippen molar-refractivity contribution in [3.63, 3.8) is 0 Å². The number of aromatic nitrogens is 1. The molecule has 0 radical (unpaired) electrons. The summed E-state index contributed by atoms with van der Waals surface area (Å²) in [5, 5.41) is 2.80. The number of aryl methyl sites for hydroxylation is 1. The van der Waals surface area contributed by atoms with Gasteiger partial charge >= 0.3 is 0 Å². The van der Waals surface area contributed by atoms with Crippen molar-refractivity contribution in [2.24, 2.45) is 0 Å². The van der Waals surface area contributed by atoms with Crippen molar-refractivity contribution in [2.45, 2.75) is 39.0 Å². The molecule has 1 aliphatic carbocycles. The van der Waals surface area contributed by atoms with Crippen molar-refractivity contribution in [1.29, 1.82) is 0 Å². The number of halogens is 1. The van der Waals surface area contributed by atoms with Crippen LogP contribution in [0.25, 0.3) is 0 Å². The predicted octanol–water partition coefficient (Wildman–Crippen LogP) is 4.97. The van der Waals surface area contributed by atoms with Crippen LogP contribution in [0.3, 0.4) is 0 Å². The molecule has 0 atom stereocenters. The number of hydrogen-bond acceptors (Lipinski definition) is 4. The van der Waals surface area contributed by atoms with Crippen molar-refractivity contribution in [2.75, 3.05) is 0 Å². The Bertz CT molecular complexity index is 984. The van der Waals surface area contributed by atoms with Gasteiger partial charge in [0.15, 0.2) is 0 Å². The maximum Gasteiger partial charge on any atom is 0.257 e. The molecule has 0 spiro atoms. The van der Waals surface area contributed by atoms with E-state index < -0.39 is 5.82 Å². The zero-order valence-corrected chi connectivity index (χ0v) is 16.4. The van der Waals surface area contributed by atoms with Crippen molar-refractivity contribution in [3.8, 4) is 5.75 Å². The van der Waals surface area contributed by atoms with Crippen LogP contribution >= 0.6 is 11.3 Å². The van der Waals surface area contributed by atoms with Crippen LogP contribution in [0.15, 0.2) is 53.9 Å². The summed E-state index contributed by atoms with van der Waals surface area (Å²) in [6.45, 7) is 2.80. The van der Waals surface area contributed by atoms with Crippen LogP contribution in [0.1, 0.15) is 39.5 Å². The number of ether oxygens (including phenoxy) is 1. The quantitative estimate of drug-likeness (QED) is 0.566. The third-order valence-corrected chi connectivity index (χ3v) is 5.51. The van der Waals surface area contributed by atoms with Crippen LogP contribution in [-0.4, -0.2) is 21.8 Å². The summed E-state index contributed by atoms with van der Waals surface area (Å²) >= 11 is 1.51. The van der Waals surface area contributed by atoms with Gasteiger partial charge in [-0.15, -0.1) is 11.3 Å². The van der Waals surface area contributed by atoms with Gasteiger partial charge in [-0.3, -0.25) is 4.79 Å². The van der Waals surface area contributed by atoms with Gasteiger partial charge in [0.2, 0.25) is 0 Å². The number of benzene rings is 2. The molecule has 28 heavy (non-hydrogen) atoms. The maximum absolute atomic E-state index is 14.0. The minimum atomic E-state index is -0.483. The van der Waals surface area contributed by atoms with Gasteiger partial charge in [-0.2, -0.15) is 0 Å². The van der Waals surface area contributed by atoms with Gasteiger partial charge in [0.25, 0.3) is 5.91 Å². The molecule has 4 rings (SSSR count). The number of thiazole rings is 1. The topological polar surface area (TPSA) is 42.4 Å². The molecular formula is C22H21FN2O2S. The number of carbonyl (C=O) groups is 1. The zero-order valence-electron chi connectivity index (χ0n) is 15.6. The van der Waals surface area contributed by atoms with E-state index in [0.29, 0.717) is 13.2 Å². The van der Waals surface area contributed by atoms with E-state index >= 15 is 0 Å². The van der Waals surface area contributed by atoms with E-state index in [1.165, 1.54) is 23.5 Å². The molecule has 4 nitrogen and oxygen atoms in total. The lowest BCUT2D eigenvalue weighted by Gasteiger charge is -2.21. The second kappa shape index (κ2) is 8.10. The van der Waals surface area contributed by atoms with E-state index in [4.69, 9.17) is 4.74 Å². The molecule has 1 amide bonds. The molecule has 1 heterocycles. The van der Waals surface area contributed by atoms with Gasteiger partial charge in [-0.1, -0.05) is 24.3 Å². The summed E-state index contributed by atoms with van der Waals surface area (Å²) in [7, 11) is 0. The number of hydrogen-bond donors (Lipinski definition) is 0. The van der Waals surface area contributed by atoms with Crippen LogP contribution in [-0.2, 0) is 13.2 Å². The highest BCUT2D eigenvalue weighted by Gasteiger charge is 2.34. The van der Waals surface area contributed by atoms with Crippen LogP contribution in [0.2, 0.25) is 0 Å². The van der Waals surface area contributed by atoms with E-state index in [9.17, 15) is 9.18 Å². The van der Waals surface area contributed by atoms with Crippen LogP contribution in [0.5, 0.6) is 5.75 Å². The second-order valence-electron chi connectivity index (χ2n) is 6.98. The molecule has 1 saturated carbocycles. The summed E-state index contributed by atoms with van der Waals surface area (Å²) in [6.07, 6.45) is 1.90. The van der Waals surface area contributed by atoms with E-state index in [1.54, 1.807) is 17.0 Å². The van der Waals surface area contributed by atoms with Crippen LogP contribution in [0, 0.1) is 12.7 Å². The summed E-state index contributed by atoms with van der Waals surface area (Å²) in [5.41, 5.74) is 2.07. The monoisotopic (exact) mass is 396 g/mol. The van der Waals surface area contributed by atoms with Crippen LogP contribution in [0.4, 0.5) is 4.39 Å². The van der Waals surface area contributed by atoms with E-state index in [0.717, 1.165) is 34.9 Å². The molecule has 1 aromatic heterocycles. The average Bonchev–Trinajstić information content (AvgIpc) is 3.43. The van der Waals surface area contributed by atoms with Crippen LogP contribution < -0.4 is 4.74 Å². The number of amides is 1. The molecule has 2 aromatic carbocycles. The smallest absolute Gasteiger partial charge is 0.257 e. The van der Waals surface area contributed by atoms with Gasteiger partial charge in [0, 0.05) is 11.4 Å². The first kappa shape index (κ1) is 18.6. The Morgan fingerprint density at radius 3 is 2.82 bits per heavy atom. The molecule has 144 valence electrons. The summed E-state index contributed by atoms with van der Waals surface area (Å²) in [4.78, 5) is 19.2. The minimum Gasteiger partial charge on any atom is -0.486 e. The summed E-state index contributed by atoms with van der Waals surface area (Å²) in [6, 6.07) is 14.2. The molecule has 0 N–H and O–H groups in total. The normalized spacial score (nSPS) is 13.4. The Labute approximate surface area is 167 Å². The fourth-order valence-corrected chi connectivity index (χ4v) is 3.75. The number of rotatable bonds is 7. The first-order valence-electron chi connectivity index (χ1n) is 9.28. The minimum absolute atomic E-state index is 0.118. The molecule has 0 aliphatic heterocycles. The average molecular weight is 396 g/mol. The highest BCUT2D eigenvalue weighted by Crippen LogP contribution is 2.30. The molecule has 1 fully saturated rings. The van der Waals surface area contributed by atoms with E-state index in [1.807, 2.05) is 36.6 Å². The van der Waals surface area contributed by atoms with Gasteiger partial charge in [-0.05, 0) is 49.6 Å². The molecule has 6 heteroatoms. The van der Waals surface area contributed by atoms with Crippen molar-refractivity contribution in [3.05, 3.63) is 81.6 Å². The maximum atomic E-state index is 14.0. The molecular weight excluding hydrogens is 375 g/mol. The Kier molecular flexibility index (Phi) is 5.39. The Morgan fingerprint density at radius 2 is 2.07 bits per heavy atom. The van der Waals surface area contributed by atoms with Crippen molar-refractivity contribution < 1.29 is 13.9 Å². The first-order chi connectivity index (χ1) is 13.6. The first-order valence-corrected chi connectivity index (χ1v) is 10.2.